The van der Waals surface area contributed by atoms with Gasteiger partial charge >= 0.3 is 0 Å². The minimum atomic E-state index is -4.23. The molecule has 1 aliphatic carbocycles. The lowest BCUT2D eigenvalue weighted by atomic mass is 9.95. The third-order valence-corrected chi connectivity index (χ3v) is 9.95. The van der Waals surface area contributed by atoms with Crippen molar-refractivity contribution in [1.29, 1.82) is 0 Å². The van der Waals surface area contributed by atoms with E-state index in [2.05, 4.69) is 5.32 Å². The summed E-state index contributed by atoms with van der Waals surface area (Å²) < 4.78 is 34.2. The average Bonchev–Trinajstić information content (AvgIpc) is 3.01. The maximum Gasteiger partial charge on any atom is 0.264 e. The SMILES string of the molecule is CC[C@@H](C(=O)NC1CCCCC1)N(Cc1ccc(OC)cc1)C(=O)CN(c1ccc(Cl)cc1Cl)S(=O)(=O)c1ccccc1. The molecule has 1 N–H and O–H groups in total. The van der Waals surface area contributed by atoms with Crippen LogP contribution in [0.5, 0.6) is 5.75 Å². The van der Waals surface area contributed by atoms with Crippen molar-refractivity contribution in [3.63, 3.8) is 0 Å². The molecule has 1 saturated carbocycles. The lowest BCUT2D eigenvalue weighted by Crippen LogP contribution is -2.54. The number of nitrogens with zero attached hydrogens (tertiary/aromatic N) is 2. The quantitative estimate of drug-likeness (QED) is 0.244. The molecule has 230 valence electrons. The summed E-state index contributed by atoms with van der Waals surface area (Å²) in [4.78, 5) is 29.4. The Morgan fingerprint density at radius 1 is 0.977 bits per heavy atom. The zero-order valence-corrected chi connectivity index (χ0v) is 26.7. The number of ether oxygens (including phenoxy) is 1. The predicted octanol–water partition coefficient (Wildman–Crippen LogP) is 6.45. The van der Waals surface area contributed by atoms with Crippen LogP contribution in [-0.4, -0.2) is 50.9 Å². The highest BCUT2D eigenvalue weighted by atomic mass is 35.5. The topological polar surface area (TPSA) is 96.0 Å². The monoisotopic (exact) mass is 645 g/mol. The van der Waals surface area contributed by atoms with Crippen LogP contribution in [0.1, 0.15) is 51.0 Å². The smallest absolute Gasteiger partial charge is 0.264 e. The van der Waals surface area contributed by atoms with Crippen molar-refractivity contribution < 1.29 is 22.7 Å². The number of methoxy groups -OCH3 is 1. The summed E-state index contributed by atoms with van der Waals surface area (Å²) in [5.74, 6) is -0.147. The molecule has 1 fully saturated rings. The summed E-state index contributed by atoms with van der Waals surface area (Å²) in [5.41, 5.74) is 0.868. The van der Waals surface area contributed by atoms with Gasteiger partial charge in [0.05, 0.1) is 22.7 Å². The van der Waals surface area contributed by atoms with Crippen LogP contribution in [-0.2, 0) is 26.2 Å². The van der Waals surface area contributed by atoms with Gasteiger partial charge in [-0.1, -0.05) is 79.7 Å². The Bertz CT molecular complexity index is 1500. The summed E-state index contributed by atoms with van der Waals surface area (Å²) in [7, 11) is -2.67. The first-order valence-corrected chi connectivity index (χ1v) is 16.6. The second-order valence-corrected chi connectivity index (χ2v) is 13.3. The maximum absolute atomic E-state index is 14.3. The molecule has 0 unspecified atom stereocenters. The molecule has 2 amide bonds. The van der Waals surface area contributed by atoms with Crippen LogP contribution in [0.15, 0.2) is 77.7 Å². The Morgan fingerprint density at radius 3 is 2.26 bits per heavy atom. The number of carbonyl (C=O) groups excluding carboxylic acids is 2. The first kappa shape index (κ1) is 32.6. The van der Waals surface area contributed by atoms with Gasteiger partial charge in [-0.15, -0.1) is 0 Å². The molecule has 0 aliphatic heterocycles. The van der Waals surface area contributed by atoms with E-state index in [9.17, 15) is 18.0 Å². The maximum atomic E-state index is 14.3. The first-order chi connectivity index (χ1) is 20.6. The Balaban J connectivity index is 1.72. The van der Waals surface area contributed by atoms with E-state index >= 15 is 0 Å². The van der Waals surface area contributed by atoms with Gasteiger partial charge in [-0.2, -0.15) is 0 Å². The van der Waals surface area contributed by atoms with Crippen LogP contribution in [0, 0.1) is 0 Å². The Hall–Kier alpha value is -3.27. The second-order valence-electron chi connectivity index (χ2n) is 10.6. The highest BCUT2D eigenvalue weighted by Gasteiger charge is 2.35. The van der Waals surface area contributed by atoms with E-state index in [0.29, 0.717) is 17.2 Å². The lowest BCUT2D eigenvalue weighted by Gasteiger charge is -2.34. The minimum Gasteiger partial charge on any atom is -0.497 e. The minimum absolute atomic E-state index is 0.00222. The van der Waals surface area contributed by atoms with E-state index in [1.807, 2.05) is 19.1 Å². The largest absolute Gasteiger partial charge is 0.497 e. The fourth-order valence-electron chi connectivity index (χ4n) is 5.31. The number of benzene rings is 3. The van der Waals surface area contributed by atoms with Crippen molar-refractivity contribution in [2.24, 2.45) is 0 Å². The van der Waals surface area contributed by atoms with Crippen LogP contribution in [0.3, 0.4) is 0 Å². The normalized spacial score (nSPS) is 14.5. The van der Waals surface area contributed by atoms with Gasteiger partial charge in [0.15, 0.2) is 0 Å². The van der Waals surface area contributed by atoms with Crippen molar-refractivity contribution in [3.8, 4) is 5.75 Å². The standard InChI is InChI=1S/C32H37Cl2N3O5S/c1-3-29(32(39)35-25-10-6-4-7-11-25)36(21-23-14-17-26(42-2)18-15-23)31(38)22-37(30-19-16-24(33)20-28(30)34)43(40,41)27-12-8-5-9-13-27/h5,8-9,12-20,25,29H,3-4,6-7,10-11,21-22H2,1-2H3,(H,35,39)/t29-/m0/s1. The fraction of sp³-hybridized carbons (Fsp3) is 0.375. The van der Waals surface area contributed by atoms with Crippen molar-refractivity contribution in [2.75, 3.05) is 18.0 Å². The Kier molecular flexibility index (Phi) is 11.3. The highest BCUT2D eigenvalue weighted by molar-refractivity contribution is 7.92. The molecule has 3 aromatic carbocycles. The Labute approximate surface area is 264 Å². The molecule has 43 heavy (non-hydrogen) atoms. The number of rotatable bonds is 12. The summed E-state index contributed by atoms with van der Waals surface area (Å²) >= 11 is 12.6. The zero-order chi connectivity index (χ0) is 31.0. The number of halogens is 2. The number of anilines is 1. The van der Waals surface area contributed by atoms with Gasteiger partial charge < -0.3 is 15.0 Å². The molecule has 0 radical (unpaired) electrons. The van der Waals surface area contributed by atoms with Crippen LogP contribution in [0.25, 0.3) is 0 Å². The molecule has 1 aliphatic rings. The number of sulfonamides is 1. The van der Waals surface area contributed by atoms with Crippen LogP contribution in [0.4, 0.5) is 5.69 Å². The number of carbonyl (C=O) groups is 2. The van der Waals surface area contributed by atoms with Gasteiger partial charge in [0.1, 0.15) is 18.3 Å². The van der Waals surface area contributed by atoms with Crippen molar-refractivity contribution in [3.05, 3.63) is 88.4 Å². The molecule has 0 spiro atoms. The molecule has 3 aromatic rings. The van der Waals surface area contributed by atoms with E-state index < -0.39 is 28.5 Å². The molecular formula is C32H37Cl2N3O5S. The molecule has 0 bridgehead atoms. The summed E-state index contributed by atoms with van der Waals surface area (Å²) in [6.07, 6.45) is 5.37. The van der Waals surface area contributed by atoms with Gasteiger partial charge in [0.2, 0.25) is 11.8 Å². The molecule has 11 heteroatoms. The van der Waals surface area contributed by atoms with Crippen LogP contribution >= 0.6 is 23.2 Å². The molecule has 0 aromatic heterocycles. The van der Waals surface area contributed by atoms with Gasteiger partial charge in [-0.3, -0.25) is 13.9 Å². The molecule has 1 atom stereocenters. The number of hydrogen-bond donors (Lipinski definition) is 1. The number of amides is 2. The summed E-state index contributed by atoms with van der Waals surface area (Å²) in [5, 5.41) is 3.54. The third-order valence-electron chi connectivity index (χ3n) is 7.64. The van der Waals surface area contributed by atoms with Gasteiger partial charge in [-0.05, 0) is 67.3 Å². The highest BCUT2D eigenvalue weighted by Crippen LogP contribution is 2.33. The predicted molar refractivity (Wildman–Crippen MR) is 170 cm³/mol. The van der Waals surface area contributed by atoms with Crippen LogP contribution in [0.2, 0.25) is 10.0 Å². The van der Waals surface area contributed by atoms with Crippen LogP contribution < -0.4 is 14.4 Å². The van der Waals surface area contributed by atoms with E-state index in [1.54, 1.807) is 37.4 Å². The number of hydrogen-bond acceptors (Lipinski definition) is 5. The van der Waals surface area contributed by atoms with E-state index in [-0.39, 0.29) is 34.1 Å². The second kappa shape index (κ2) is 14.9. The first-order valence-electron chi connectivity index (χ1n) is 14.4. The zero-order valence-electron chi connectivity index (χ0n) is 24.3. The fourth-order valence-corrected chi connectivity index (χ4v) is 7.32. The van der Waals surface area contributed by atoms with Crippen molar-refractivity contribution in [2.45, 2.75) is 69.0 Å². The van der Waals surface area contributed by atoms with Crippen molar-refractivity contribution in [1.82, 2.24) is 10.2 Å². The summed E-state index contributed by atoms with van der Waals surface area (Å²) in [6, 6.07) is 18.7. The Morgan fingerprint density at radius 2 is 1.65 bits per heavy atom. The van der Waals surface area contributed by atoms with E-state index in [1.165, 1.54) is 35.2 Å². The third kappa shape index (κ3) is 8.22. The van der Waals surface area contributed by atoms with Gasteiger partial charge in [0.25, 0.3) is 10.0 Å². The van der Waals surface area contributed by atoms with Crippen molar-refractivity contribution >= 4 is 50.7 Å². The van der Waals surface area contributed by atoms with Gasteiger partial charge in [0, 0.05) is 17.6 Å². The average molecular weight is 647 g/mol. The molecule has 0 saturated heterocycles. The molecular weight excluding hydrogens is 609 g/mol. The summed E-state index contributed by atoms with van der Waals surface area (Å²) in [6.45, 7) is 1.35. The van der Waals surface area contributed by atoms with E-state index in [4.69, 9.17) is 27.9 Å². The lowest BCUT2D eigenvalue weighted by molar-refractivity contribution is -0.140. The molecule has 8 nitrogen and oxygen atoms in total. The molecule has 4 rings (SSSR count). The molecule has 0 heterocycles. The number of nitrogens with one attached hydrogen (secondary N) is 1. The van der Waals surface area contributed by atoms with Gasteiger partial charge in [-0.25, -0.2) is 8.42 Å². The van der Waals surface area contributed by atoms with E-state index in [0.717, 1.165) is 42.0 Å².